The lowest BCUT2D eigenvalue weighted by Crippen LogP contribution is -2.28. The van der Waals surface area contributed by atoms with Gasteiger partial charge in [-0.25, -0.2) is 9.97 Å². The molecule has 8 nitrogen and oxygen atoms in total. The number of anilines is 2. The van der Waals surface area contributed by atoms with Crippen LogP contribution in [0.25, 0.3) is 5.65 Å². The predicted molar refractivity (Wildman–Crippen MR) is 110 cm³/mol. The average molecular weight is 387 g/mol. The number of amides is 1. The summed E-state index contributed by atoms with van der Waals surface area (Å²) in [4.78, 5) is 21.5. The Morgan fingerprint density at radius 1 is 1.00 bits per heavy atom. The fourth-order valence-corrected chi connectivity index (χ4v) is 3.15. The van der Waals surface area contributed by atoms with Gasteiger partial charge in [0.05, 0.1) is 6.04 Å². The van der Waals surface area contributed by atoms with Gasteiger partial charge in [0, 0.05) is 28.8 Å². The lowest BCUT2D eigenvalue weighted by atomic mass is 10.1. The lowest BCUT2D eigenvalue weighted by Gasteiger charge is -2.13. The van der Waals surface area contributed by atoms with Gasteiger partial charge >= 0.3 is 0 Å². The molecule has 0 aliphatic rings. The van der Waals surface area contributed by atoms with Crippen LogP contribution >= 0.6 is 0 Å². The van der Waals surface area contributed by atoms with Gasteiger partial charge in [-0.15, -0.1) is 10.2 Å². The van der Waals surface area contributed by atoms with Gasteiger partial charge in [0.15, 0.2) is 11.5 Å². The first kappa shape index (κ1) is 18.5. The molecule has 0 unspecified atom stereocenters. The van der Waals surface area contributed by atoms with E-state index in [1.54, 1.807) is 12.1 Å². The standard InChI is InChI=1S/C21H21N7O/c1-13-11-14(2)23-21(22-13)25-17-8-6-7-16(12-17)20(29)24-15(3)19-27-26-18-9-4-5-10-28(18)19/h4-12,15H,1-3H3,(H,24,29)(H,22,23,25)/t15-/m1/s1. The molecule has 0 saturated heterocycles. The van der Waals surface area contributed by atoms with Crippen LogP contribution in [0.2, 0.25) is 0 Å². The van der Waals surface area contributed by atoms with E-state index in [0.29, 0.717) is 17.3 Å². The van der Waals surface area contributed by atoms with Crippen molar-refractivity contribution in [3.63, 3.8) is 0 Å². The van der Waals surface area contributed by atoms with Crippen molar-refractivity contribution in [1.29, 1.82) is 0 Å². The molecule has 146 valence electrons. The Kier molecular flexibility index (Phi) is 4.90. The summed E-state index contributed by atoms with van der Waals surface area (Å²) in [6.45, 7) is 5.71. The number of fused-ring (bicyclic) bond motifs is 1. The largest absolute Gasteiger partial charge is 0.342 e. The summed E-state index contributed by atoms with van der Waals surface area (Å²) in [6, 6.07) is 14.5. The van der Waals surface area contributed by atoms with Gasteiger partial charge in [0.1, 0.15) is 0 Å². The number of rotatable bonds is 5. The summed E-state index contributed by atoms with van der Waals surface area (Å²) in [5, 5.41) is 14.5. The minimum atomic E-state index is -0.306. The number of nitrogens with one attached hydrogen (secondary N) is 2. The van der Waals surface area contributed by atoms with Gasteiger partial charge < -0.3 is 10.6 Å². The lowest BCUT2D eigenvalue weighted by molar-refractivity contribution is 0.0938. The molecular weight excluding hydrogens is 366 g/mol. The number of pyridine rings is 1. The average Bonchev–Trinajstić information content (AvgIpc) is 3.11. The highest BCUT2D eigenvalue weighted by molar-refractivity contribution is 5.95. The maximum Gasteiger partial charge on any atom is 0.251 e. The van der Waals surface area contributed by atoms with Crippen LogP contribution in [0.15, 0.2) is 54.7 Å². The second-order valence-corrected chi connectivity index (χ2v) is 6.86. The number of aromatic nitrogens is 5. The van der Waals surface area contributed by atoms with Gasteiger partial charge in [0.2, 0.25) is 5.95 Å². The maximum atomic E-state index is 12.8. The van der Waals surface area contributed by atoms with E-state index in [2.05, 4.69) is 30.8 Å². The predicted octanol–water partition coefficient (Wildman–Crippen LogP) is 3.37. The quantitative estimate of drug-likeness (QED) is 0.545. The molecule has 4 rings (SSSR count). The van der Waals surface area contributed by atoms with E-state index in [4.69, 9.17) is 0 Å². The van der Waals surface area contributed by atoms with Gasteiger partial charge in [-0.2, -0.15) is 0 Å². The highest BCUT2D eigenvalue weighted by Crippen LogP contribution is 2.17. The van der Waals surface area contributed by atoms with Crippen LogP contribution < -0.4 is 10.6 Å². The van der Waals surface area contributed by atoms with Crippen LogP contribution in [0.1, 0.15) is 40.5 Å². The molecule has 0 bridgehead atoms. The van der Waals surface area contributed by atoms with Crippen molar-refractivity contribution in [3.05, 3.63) is 77.5 Å². The minimum Gasteiger partial charge on any atom is -0.342 e. The maximum absolute atomic E-state index is 12.8. The molecule has 0 radical (unpaired) electrons. The normalized spacial score (nSPS) is 12.0. The Labute approximate surface area is 168 Å². The molecule has 0 spiro atoms. The Morgan fingerprint density at radius 2 is 1.79 bits per heavy atom. The van der Waals surface area contributed by atoms with Crippen LogP contribution in [-0.2, 0) is 0 Å². The van der Waals surface area contributed by atoms with Crippen LogP contribution in [-0.4, -0.2) is 30.5 Å². The molecule has 29 heavy (non-hydrogen) atoms. The zero-order valence-corrected chi connectivity index (χ0v) is 16.4. The first-order chi connectivity index (χ1) is 14.0. The van der Waals surface area contributed by atoms with E-state index >= 15 is 0 Å². The van der Waals surface area contributed by atoms with E-state index in [-0.39, 0.29) is 11.9 Å². The molecule has 1 aromatic carbocycles. The van der Waals surface area contributed by atoms with E-state index in [0.717, 1.165) is 22.7 Å². The molecule has 8 heteroatoms. The number of carbonyl (C=O) groups is 1. The molecule has 0 aliphatic carbocycles. The molecule has 3 aromatic heterocycles. The third-order valence-electron chi connectivity index (χ3n) is 4.44. The van der Waals surface area contributed by atoms with Crippen molar-refractivity contribution < 1.29 is 4.79 Å². The minimum absolute atomic E-state index is 0.199. The van der Waals surface area contributed by atoms with Crippen LogP contribution in [0, 0.1) is 13.8 Å². The number of hydrogen-bond donors (Lipinski definition) is 2. The van der Waals surface area contributed by atoms with Crippen molar-refractivity contribution in [2.24, 2.45) is 0 Å². The van der Waals surface area contributed by atoms with Crippen molar-refractivity contribution in [2.45, 2.75) is 26.8 Å². The molecule has 0 saturated carbocycles. The Balaban J connectivity index is 1.51. The molecule has 3 heterocycles. The monoisotopic (exact) mass is 387 g/mol. The fourth-order valence-electron chi connectivity index (χ4n) is 3.15. The summed E-state index contributed by atoms with van der Waals surface area (Å²) in [5.41, 5.74) is 3.76. The molecule has 2 N–H and O–H groups in total. The summed E-state index contributed by atoms with van der Waals surface area (Å²) in [6.07, 6.45) is 1.88. The second kappa shape index (κ2) is 7.67. The second-order valence-electron chi connectivity index (χ2n) is 6.86. The van der Waals surface area contributed by atoms with Crippen molar-refractivity contribution in [3.8, 4) is 0 Å². The van der Waals surface area contributed by atoms with Gasteiger partial charge in [0.25, 0.3) is 5.91 Å². The van der Waals surface area contributed by atoms with Gasteiger partial charge in [-0.05, 0) is 57.2 Å². The van der Waals surface area contributed by atoms with E-state index in [9.17, 15) is 4.79 Å². The van der Waals surface area contributed by atoms with Crippen LogP contribution in [0.4, 0.5) is 11.6 Å². The van der Waals surface area contributed by atoms with Crippen LogP contribution in [0.3, 0.4) is 0 Å². The summed E-state index contributed by atoms with van der Waals surface area (Å²) >= 11 is 0. The third kappa shape index (κ3) is 4.06. The summed E-state index contributed by atoms with van der Waals surface area (Å²) in [7, 11) is 0. The number of hydrogen-bond acceptors (Lipinski definition) is 6. The SMILES string of the molecule is Cc1cc(C)nc(Nc2cccc(C(=O)N[C@H](C)c3nnc4ccccn34)c2)n1. The molecule has 4 aromatic rings. The molecule has 1 amide bonds. The number of carbonyl (C=O) groups excluding carboxylic acids is 1. The Bertz CT molecular complexity index is 1160. The first-order valence-corrected chi connectivity index (χ1v) is 9.29. The Hall–Kier alpha value is -3.81. The smallest absolute Gasteiger partial charge is 0.251 e. The fraction of sp³-hybridized carbons (Fsp3) is 0.190. The van der Waals surface area contributed by atoms with Crippen molar-refractivity contribution >= 4 is 23.2 Å². The molecule has 0 aliphatic heterocycles. The van der Waals surface area contributed by atoms with Gasteiger partial charge in [-0.1, -0.05) is 12.1 Å². The van der Waals surface area contributed by atoms with Crippen LogP contribution in [0.5, 0.6) is 0 Å². The number of benzene rings is 1. The zero-order chi connectivity index (χ0) is 20.4. The van der Waals surface area contributed by atoms with Gasteiger partial charge in [-0.3, -0.25) is 9.20 Å². The highest BCUT2D eigenvalue weighted by atomic mass is 16.1. The highest BCUT2D eigenvalue weighted by Gasteiger charge is 2.17. The number of nitrogens with zero attached hydrogens (tertiary/aromatic N) is 5. The van der Waals surface area contributed by atoms with E-state index < -0.39 is 0 Å². The first-order valence-electron chi connectivity index (χ1n) is 9.29. The zero-order valence-electron chi connectivity index (χ0n) is 16.4. The topological polar surface area (TPSA) is 97.1 Å². The van der Waals surface area contributed by atoms with E-state index in [1.807, 2.05) is 67.8 Å². The molecular formula is C21H21N7O. The summed E-state index contributed by atoms with van der Waals surface area (Å²) in [5.74, 6) is 0.977. The van der Waals surface area contributed by atoms with E-state index in [1.165, 1.54) is 0 Å². The number of aryl methyl sites for hydroxylation is 2. The van der Waals surface area contributed by atoms with Crippen molar-refractivity contribution in [1.82, 2.24) is 29.9 Å². The van der Waals surface area contributed by atoms with Crippen molar-refractivity contribution in [2.75, 3.05) is 5.32 Å². The Morgan fingerprint density at radius 3 is 2.59 bits per heavy atom. The summed E-state index contributed by atoms with van der Waals surface area (Å²) < 4.78 is 1.86. The molecule has 1 atom stereocenters. The molecule has 0 fully saturated rings. The third-order valence-corrected chi connectivity index (χ3v) is 4.44.